The first-order valence-electron chi connectivity index (χ1n) is 25.5. The quantitative estimate of drug-likeness (QED) is 0.0675. The summed E-state index contributed by atoms with van der Waals surface area (Å²) < 4.78 is 27.5. The van der Waals surface area contributed by atoms with Gasteiger partial charge < -0.3 is 43.9 Å². The van der Waals surface area contributed by atoms with Gasteiger partial charge in [0.15, 0.2) is 5.92 Å². The van der Waals surface area contributed by atoms with Gasteiger partial charge in [0.1, 0.15) is 36.0 Å². The normalized spacial score (nSPS) is 21.9. The lowest BCUT2D eigenvalue weighted by Gasteiger charge is -2.46. The summed E-state index contributed by atoms with van der Waals surface area (Å²) in [6.07, 6.45) is 1.89. The van der Waals surface area contributed by atoms with Crippen molar-refractivity contribution >= 4 is 53.4 Å². The maximum Gasteiger partial charge on any atom is 0.329 e. The molecule has 4 aliphatic rings. The average molecular weight is 1060 g/mol. The molecule has 0 bridgehead atoms. The second-order valence-electron chi connectivity index (χ2n) is 19.4. The van der Waals surface area contributed by atoms with E-state index in [0.717, 1.165) is 19.1 Å². The molecule has 404 valence electrons. The number of piperazine rings is 1. The maximum absolute atomic E-state index is 16.9. The number of hydrogen-bond acceptors (Lipinski definition) is 17. The van der Waals surface area contributed by atoms with Gasteiger partial charge in [0.05, 0.1) is 51.6 Å². The van der Waals surface area contributed by atoms with Gasteiger partial charge >= 0.3 is 29.9 Å². The summed E-state index contributed by atoms with van der Waals surface area (Å²) in [6, 6.07) is 25.6. The number of rotatable bonds is 14. The van der Waals surface area contributed by atoms with Crippen LogP contribution in [0.1, 0.15) is 66.3 Å². The lowest BCUT2D eigenvalue weighted by molar-refractivity contribution is -0.179. The highest BCUT2D eigenvalue weighted by Crippen LogP contribution is 2.66. The molecule has 4 amide bonds. The van der Waals surface area contributed by atoms with E-state index in [-0.39, 0.29) is 62.6 Å². The van der Waals surface area contributed by atoms with Crippen LogP contribution in [-0.4, -0.2) is 139 Å². The lowest BCUT2D eigenvalue weighted by Crippen LogP contribution is -2.60. The number of aliphatic hydroxyl groups is 1. The lowest BCUT2D eigenvalue weighted by atomic mass is 9.64. The van der Waals surface area contributed by atoms with E-state index in [1.807, 2.05) is 70.5 Å². The highest BCUT2D eigenvalue weighted by molar-refractivity contribution is 6.25. The van der Waals surface area contributed by atoms with Crippen LogP contribution in [0.4, 0.5) is 16.4 Å². The molecule has 7 atom stereocenters. The third-order valence-corrected chi connectivity index (χ3v) is 14.8. The summed E-state index contributed by atoms with van der Waals surface area (Å²) in [5, 5.41) is 12.7. The van der Waals surface area contributed by atoms with Crippen LogP contribution in [0.5, 0.6) is 5.75 Å². The molecular formula is C58H59N7O13. The van der Waals surface area contributed by atoms with Gasteiger partial charge in [-0.05, 0) is 64.6 Å². The number of fused-ring (bicyclic) bond motifs is 3. The Labute approximate surface area is 450 Å². The molecule has 78 heavy (non-hydrogen) atoms. The molecule has 0 saturated carbocycles. The Balaban J connectivity index is 1.34. The third kappa shape index (κ3) is 9.97. The standard InChI is InChI=1S/C58H59N7O13/c1-35(2)45(53(70)76-5)61-57(73)64-43-24-23-36(15-12-22-41(51(68)74-3)52(69)75-4)33-42(43)58(55(64)72)44(50(67)62-27-29-63(30-28-62)56-59-25-14-26-60-56)47-54(71)78-48(38-18-10-7-11-19-38)46(37-16-8-6-9-17-37)65(47)49(58)39-20-13-21-40(34-39)77-32-31-66/h6-11,13-14,16-21,23-26,33-35,41,44-49,66H,22,27-32H2,1-5H3,(H,61,73)/t44-,45+,46-,47-,48+,49+,58-/m1/s1. The molecule has 3 fully saturated rings. The molecule has 0 unspecified atom stereocenters. The number of morpholine rings is 1. The Hall–Kier alpha value is -8.67. The van der Waals surface area contributed by atoms with Gasteiger partial charge in [0.2, 0.25) is 17.8 Å². The van der Waals surface area contributed by atoms with E-state index in [1.165, 1.54) is 13.2 Å². The average Bonchev–Trinajstić information content (AvgIpc) is 2.38. The minimum Gasteiger partial charge on any atom is -0.491 e. The van der Waals surface area contributed by atoms with E-state index in [9.17, 15) is 19.5 Å². The van der Waals surface area contributed by atoms with Crippen molar-refractivity contribution < 1.29 is 62.4 Å². The first-order chi connectivity index (χ1) is 37.8. The molecule has 5 heterocycles. The topological polar surface area (TPSA) is 237 Å². The van der Waals surface area contributed by atoms with Crippen molar-refractivity contribution in [2.75, 3.05) is 70.5 Å². The zero-order chi connectivity index (χ0) is 55.3. The highest BCUT2D eigenvalue weighted by atomic mass is 16.6. The smallest absolute Gasteiger partial charge is 0.329 e. The molecule has 0 aliphatic carbocycles. The fourth-order valence-electron chi connectivity index (χ4n) is 11.3. The second kappa shape index (κ2) is 23.3. The molecule has 4 aromatic carbocycles. The number of carbonyl (C=O) groups excluding carboxylic acids is 7. The predicted molar refractivity (Wildman–Crippen MR) is 280 cm³/mol. The molecule has 1 spiro atoms. The molecule has 1 aromatic heterocycles. The van der Waals surface area contributed by atoms with E-state index in [0.29, 0.717) is 28.4 Å². The number of urea groups is 1. The van der Waals surface area contributed by atoms with E-state index in [4.69, 9.17) is 23.7 Å². The van der Waals surface area contributed by atoms with Crippen molar-refractivity contribution in [1.82, 2.24) is 25.1 Å². The number of nitrogens with one attached hydrogen (secondary N) is 1. The number of carbonyl (C=O) groups is 7. The monoisotopic (exact) mass is 1060 g/mol. The van der Waals surface area contributed by atoms with E-state index < -0.39 is 95.2 Å². The van der Waals surface area contributed by atoms with Gasteiger partial charge in [-0.15, -0.1) is 0 Å². The predicted octanol–water partition coefficient (Wildman–Crippen LogP) is 4.47. The number of nitrogens with zero attached hydrogens (tertiary/aromatic N) is 6. The van der Waals surface area contributed by atoms with Crippen molar-refractivity contribution in [3.63, 3.8) is 0 Å². The first kappa shape index (κ1) is 54.1. The zero-order valence-corrected chi connectivity index (χ0v) is 43.6. The number of cyclic esters (lactones) is 1. The Bertz CT molecular complexity index is 3110. The summed E-state index contributed by atoms with van der Waals surface area (Å²) in [5.74, 6) is -1.73. The van der Waals surface area contributed by atoms with Gasteiger partial charge in [0.25, 0.3) is 0 Å². The van der Waals surface area contributed by atoms with Crippen LogP contribution >= 0.6 is 0 Å². The largest absolute Gasteiger partial charge is 0.491 e. The van der Waals surface area contributed by atoms with E-state index in [1.54, 1.807) is 73.6 Å². The first-order valence-corrected chi connectivity index (χ1v) is 25.5. The van der Waals surface area contributed by atoms with Crippen LogP contribution in [0.25, 0.3) is 0 Å². The van der Waals surface area contributed by atoms with E-state index >= 15 is 19.2 Å². The summed E-state index contributed by atoms with van der Waals surface area (Å²) in [6.45, 7) is 3.78. The van der Waals surface area contributed by atoms with Gasteiger partial charge in [0, 0.05) is 50.6 Å². The fraction of sp³-hybridized carbons (Fsp3) is 0.362. The maximum atomic E-state index is 16.9. The van der Waals surface area contributed by atoms with Crippen molar-refractivity contribution in [2.45, 2.75) is 56.0 Å². The number of methoxy groups -OCH3 is 3. The van der Waals surface area contributed by atoms with Crippen molar-refractivity contribution in [3.05, 3.63) is 149 Å². The Morgan fingerprint density at radius 1 is 0.769 bits per heavy atom. The van der Waals surface area contributed by atoms with Gasteiger partial charge in [-0.3, -0.25) is 28.9 Å². The zero-order valence-electron chi connectivity index (χ0n) is 43.6. The molecule has 4 aliphatic heterocycles. The van der Waals surface area contributed by atoms with Gasteiger partial charge in [-0.25, -0.2) is 24.5 Å². The molecule has 20 nitrogen and oxygen atoms in total. The molecule has 9 rings (SSSR count). The minimum atomic E-state index is -2.24. The number of hydrogen-bond donors (Lipinski definition) is 2. The second-order valence-corrected chi connectivity index (χ2v) is 19.4. The highest BCUT2D eigenvalue weighted by Gasteiger charge is 2.76. The molecule has 20 heteroatoms. The number of ether oxygens (including phenoxy) is 5. The van der Waals surface area contributed by atoms with Gasteiger partial charge in [-0.2, -0.15) is 0 Å². The summed E-state index contributed by atoms with van der Waals surface area (Å²) in [4.78, 5) is 118. The SMILES string of the molecule is COC(=O)C(CC#Cc1ccc2c(c1)[C@]1(C(=O)N2C(=O)N[C@H](C(=O)OC)C(C)C)[C@H](c2cccc(OCCO)c2)N2[C@H](c3ccccc3)[C@H](c3ccccc3)OC(=O)[C@H]2[C@@H]1C(=O)N1CCN(c2ncccn2)CC1)C(=O)OC. The molecule has 2 N–H and O–H groups in total. The Kier molecular flexibility index (Phi) is 16.2. The number of aliphatic hydroxyl groups excluding tert-OH is 1. The Morgan fingerprint density at radius 2 is 1.41 bits per heavy atom. The van der Waals surface area contributed by atoms with Crippen LogP contribution in [-0.2, 0) is 53.1 Å². The van der Waals surface area contributed by atoms with Crippen LogP contribution in [0, 0.1) is 29.6 Å². The molecular weight excluding hydrogens is 1000 g/mol. The van der Waals surface area contributed by atoms with Crippen molar-refractivity contribution in [2.24, 2.45) is 17.8 Å². The van der Waals surface area contributed by atoms with Crippen LogP contribution in [0.2, 0.25) is 0 Å². The summed E-state index contributed by atoms with van der Waals surface area (Å²) in [5.41, 5.74) is -0.173. The Morgan fingerprint density at radius 3 is 2.04 bits per heavy atom. The number of benzene rings is 4. The summed E-state index contributed by atoms with van der Waals surface area (Å²) >= 11 is 0. The number of imide groups is 1. The number of amides is 4. The number of esters is 4. The van der Waals surface area contributed by atoms with Crippen molar-refractivity contribution in [1.29, 1.82) is 0 Å². The minimum absolute atomic E-state index is 0.0167. The molecule has 5 aromatic rings. The number of anilines is 2. The van der Waals surface area contributed by atoms with Crippen molar-refractivity contribution in [3.8, 4) is 17.6 Å². The third-order valence-electron chi connectivity index (χ3n) is 14.8. The van der Waals surface area contributed by atoms with E-state index in [2.05, 4.69) is 27.1 Å². The molecule has 0 radical (unpaired) electrons. The fourth-order valence-corrected chi connectivity index (χ4v) is 11.3. The number of aromatic nitrogens is 2. The summed E-state index contributed by atoms with van der Waals surface area (Å²) in [7, 11) is 3.45. The molecule has 3 saturated heterocycles. The van der Waals surface area contributed by atoms with Crippen LogP contribution < -0.4 is 19.9 Å². The van der Waals surface area contributed by atoms with Crippen LogP contribution in [0.3, 0.4) is 0 Å². The van der Waals surface area contributed by atoms with Crippen LogP contribution in [0.15, 0.2) is 122 Å². The van der Waals surface area contributed by atoms with Gasteiger partial charge in [-0.1, -0.05) is 98.5 Å².